The van der Waals surface area contributed by atoms with Crippen molar-refractivity contribution in [2.75, 3.05) is 19.8 Å². The monoisotopic (exact) mass is 248 g/mol. The maximum absolute atomic E-state index is 9.83. The predicted molar refractivity (Wildman–Crippen MR) is 73.3 cm³/mol. The zero-order valence-corrected chi connectivity index (χ0v) is 12.2. The van der Waals surface area contributed by atoms with Gasteiger partial charge >= 0.3 is 0 Å². The van der Waals surface area contributed by atoms with Crippen LogP contribution in [0.1, 0.15) is 66.2 Å². The first-order valence-corrected chi connectivity index (χ1v) is 7.01. The van der Waals surface area contributed by atoms with E-state index >= 15 is 0 Å². The Morgan fingerprint density at radius 3 is 1.47 bits per heavy atom. The molecule has 0 radical (unpaired) electrons. The summed E-state index contributed by atoms with van der Waals surface area (Å²) in [5.74, 6) is 0. The maximum atomic E-state index is 9.83. The average Bonchev–Trinajstić information content (AvgIpc) is 2.36. The van der Waals surface area contributed by atoms with E-state index in [0.29, 0.717) is 0 Å². The summed E-state index contributed by atoms with van der Waals surface area (Å²) in [7, 11) is 0. The summed E-state index contributed by atoms with van der Waals surface area (Å²) < 4.78 is 4.83. The molecule has 0 atom stereocenters. The van der Waals surface area contributed by atoms with E-state index in [1.54, 1.807) is 0 Å². The van der Waals surface area contributed by atoms with Gasteiger partial charge in [-0.1, -0.05) is 39.5 Å². The number of aliphatic hydroxyl groups is 2. The van der Waals surface area contributed by atoms with Crippen molar-refractivity contribution in [1.82, 2.24) is 0 Å². The van der Waals surface area contributed by atoms with Crippen molar-refractivity contribution in [2.45, 2.75) is 71.8 Å². The third-order valence-corrected chi connectivity index (χ3v) is 2.69. The second kappa shape index (κ2) is 13.9. The molecule has 0 aliphatic rings. The fourth-order valence-corrected chi connectivity index (χ4v) is 1.50. The van der Waals surface area contributed by atoms with Crippen molar-refractivity contribution in [3.63, 3.8) is 0 Å². The lowest BCUT2D eigenvalue weighted by Crippen LogP contribution is -2.32. The van der Waals surface area contributed by atoms with Gasteiger partial charge in [-0.3, -0.25) is 0 Å². The number of rotatable bonds is 9. The van der Waals surface area contributed by atoms with Gasteiger partial charge in [-0.05, 0) is 26.7 Å². The van der Waals surface area contributed by atoms with Crippen molar-refractivity contribution in [1.29, 1.82) is 0 Å². The molecule has 0 heterocycles. The lowest BCUT2D eigenvalue weighted by Gasteiger charge is -2.25. The van der Waals surface area contributed by atoms with Gasteiger partial charge in [0.15, 0.2) is 0 Å². The number of ether oxygens (including phenoxy) is 1. The molecule has 3 heteroatoms. The molecule has 106 valence electrons. The summed E-state index contributed by atoms with van der Waals surface area (Å²) in [5, 5.41) is 18.8. The van der Waals surface area contributed by atoms with Gasteiger partial charge in [0.25, 0.3) is 0 Å². The van der Waals surface area contributed by atoms with E-state index in [-0.39, 0.29) is 6.61 Å². The molecule has 0 aliphatic heterocycles. The molecule has 0 spiro atoms. The second-order valence-electron chi connectivity index (χ2n) is 4.37. The zero-order valence-electron chi connectivity index (χ0n) is 12.2. The molecule has 0 aliphatic carbocycles. The first-order valence-electron chi connectivity index (χ1n) is 7.01. The van der Waals surface area contributed by atoms with Crippen LogP contribution in [0.25, 0.3) is 0 Å². The van der Waals surface area contributed by atoms with E-state index in [4.69, 9.17) is 9.84 Å². The molecule has 17 heavy (non-hydrogen) atoms. The van der Waals surface area contributed by atoms with Crippen LogP contribution in [-0.4, -0.2) is 35.6 Å². The van der Waals surface area contributed by atoms with E-state index in [1.165, 1.54) is 0 Å². The van der Waals surface area contributed by atoms with E-state index in [1.807, 2.05) is 13.8 Å². The topological polar surface area (TPSA) is 49.7 Å². The Morgan fingerprint density at radius 2 is 1.29 bits per heavy atom. The molecule has 0 aromatic rings. The third kappa shape index (κ3) is 13.8. The molecule has 0 rings (SSSR count). The van der Waals surface area contributed by atoms with Crippen LogP contribution in [0.3, 0.4) is 0 Å². The first kappa shape index (κ1) is 19.2. The minimum Gasteiger partial charge on any atom is -0.393 e. The van der Waals surface area contributed by atoms with E-state index in [2.05, 4.69) is 13.8 Å². The smallest absolute Gasteiger partial charge is 0.0877 e. The van der Waals surface area contributed by atoms with Crippen LogP contribution in [0.5, 0.6) is 0 Å². The first-order chi connectivity index (χ1) is 8.10. The minimum absolute atomic E-state index is 0.0903. The highest BCUT2D eigenvalue weighted by Crippen LogP contribution is 2.20. The van der Waals surface area contributed by atoms with Crippen molar-refractivity contribution in [3.8, 4) is 0 Å². The lowest BCUT2D eigenvalue weighted by molar-refractivity contribution is -0.0308. The summed E-state index contributed by atoms with van der Waals surface area (Å²) in [6.07, 6.45) is 5.63. The molecule has 3 nitrogen and oxygen atoms in total. The van der Waals surface area contributed by atoms with Crippen molar-refractivity contribution in [3.05, 3.63) is 0 Å². The Morgan fingerprint density at radius 1 is 0.882 bits per heavy atom. The largest absolute Gasteiger partial charge is 0.393 e. The molecular formula is C14H32O3. The Balaban J connectivity index is 0. The molecule has 0 saturated heterocycles. The van der Waals surface area contributed by atoms with Gasteiger partial charge in [0.05, 0.1) is 12.2 Å². The van der Waals surface area contributed by atoms with Gasteiger partial charge in [0, 0.05) is 13.2 Å². The summed E-state index contributed by atoms with van der Waals surface area (Å²) >= 11 is 0. The minimum atomic E-state index is -0.800. The molecule has 0 bridgehead atoms. The quantitative estimate of drug-likeness (QED) is 0.659. The van der Waals surface area contributed by atoms with Crippen LogP contribution >= 0.6 is 0 Å². The van der Waals surface area contributed by atoms with Gasteiger partial charge in [0.1, 0.15) is 0 Å². The van der Waals surface area contributed by atoms with E-state index in [0.717, 1.165) is 51.7 Å². The number of hydrogen-bond acceptors (Lipinski definition) is 3. The molecule has 0 unspecified atom stereocenters. The number of aliphatic hydroxyl groups excluding tert-OH is 1. The number of unbranched alkanes of at least 4 members (excludes halogenated alkanes) is 2. The summed E-state index contributed by atoms with van der Waals surface area (Å²) in [4.78, 5) is 0. The molecule has 2 N–H and O–H groups in total. The predicted octanol–water partition coefficient (Wildman–Crippen LogP) is 3.13. The van der Waals surface area contributed by atoms with Crippen LogP contribution in [0.4, 0.5) is 0 Å². The van der Waals surface area contributed by atoms with Crippen LogP contribution in [-0.2, 0) is 4.74 Å². The highest BCUT2D eigenvalue weighted by atomic mass is 16.5. The normalized spacial score (nSPS) is 10.9. The van der Waals surface area contributed by atoms with Gasteiger partial charge < -0.3 is 14.9 Å². The standard InChI is InChI=1S/C10H22O2.C4H10O/c1-3-5-7-10(12,9-11)8-6-4-2;1-3-5-4-2/h11-12H,3-9H2,1-2H3;3-4H2,1-2H3. The van der Waals surface area contributed by atoms with Gasteiger partial charge in [-0.15, -0.1) is 0 Å². The summed E-state index contributed by atoms with van der Waals surface area (Å²) in [6, 6.07) is 0. The maximum Gasteiger partial charge on any atom is 0.0877 e. The summed E-state index contributed by atoms with van der Waals surface area (Å²) in [6.45, 7) is 9.77. The van der Waals surface area contributed by atoms with Gasteiger partial charge in [0.2, 0.25) is 0 Å². The Hall–Kier alpha value is -0.120. The highest BCUT2D eigenvalue weighted by molar-refractivity contribution is 4.76. The Labute approximate surface area is 107 Å². The molecule has 0 aromatic carbocycles. The highest BCUT2D eigenvalue weighted by Gasteiger charge is 2.23. The molecule has 0 fully saturated rings. The Bertz CT molecular complexity index is 127. The van der Waals surface area contributed by atoms with Crippen LogP contribution < -0.4 is 0 Å². The molecule has 0 aromatic heterocycles. The fourth-order valence-electron chi connectivity index (χ4n) is 1.50. The van der Waals surface area contributed by atoms with Crippen molar-refractivity contribution < 1.29 is 14.9 Å². The second-order valence-corrected chi connectivity index (χ2v) is 4.37. The zero-order chi connectivity index (χ0) is 13.6. The van der Waals surface area contributed by atoms with E-state index < -0.39 is 5.60 Å². The van der Waals surface area contributed by atoms with Crippen molar-refractivity contribution in [2.24, 2.45) is 0 Å². The van der Waals surface area contributed by atoms with Crippen molar-refractivity contribution >= 4 is 0 Å². The van der Waals surface area contributed by atoms with Crippen LogP contribution in [0, 0.1) is 0 Å². The van der Waals surface area contributed by atoms with Gasteiger partial charge in [-0.2, -0.15) is 0 Å². The summed E-state index contributed by atoms with van der Waals surface area (Å²) in [5.41, 5.74) is -0.800. The fraction of sp³-hybridized carbons (Fsp3) is 1.00. The van der Waals surface area contributed by atoms with Crippen LogP contribution in [0.15, 0.2) is 0 Å². The molecule has 0 amide bonds. The molecular weight excluding hydrogens is 216 g/mol. The average molecular weight is 248 g/mol. The van der Waals surface area contributed by atoms with Crippen LogP contribution in [0.2, 0.25) is 0 Å². The molecule has 0 saturated carbocycles. The third-order valence-electron chi connectivity index (χ3n) is 2.69. The van der Waals surface area contributed by atoms with E-state index in [9.17, 15) is 5.11 Å². The lowest BCUT2D eigenvalue weighted by atomic mass is 9.92. The Kier molecular flexibility index (Phi) is 15.8. The SMILES string of the molecule is CCCCC(O)(CO)CCCC.CCOCC. The van der Waals surface area contributed by atoms with Gasteiger partial charge in [-0.25, -0.2) is 0 Å². The number of hydrogen-bond donors (Lipinski definition) is 2.